The Hall–Kier alpha value is -2.53. The highest BCUT2D eigenvalue weighted by molar-refractivity contribution is 8.93. The summed E-state index contributed by atoms with van der Waals surface area (Å²) in [5, 5.41) is 23.4. The Balaban J connectivity index is 0.00000243. The van der Waals surface area contributed by atoms with Crippen molar-refractivity contribution in [2.24, 2.45) is 5.92 Å². The Bertz CT molecular complexity index is 969. The van der Waals surface area contributed by atoms with Crippen molar-refractivity contribution < 1.29 is 14.8 Å². The summed E-state index contributed by atoms with van der Waals surface area (Å²) < 4.78 is 0. The van der Waals surface area contributed by atoms with E-state index in [1.807, 2.05) is 0 Å². The summed E-state index contributed by atoms with van der Waals surface area (Å²) in [6.45, 7) is 0.134. The van der Waals surface area contributed by atoms with Gasteiger partial charge in [0.1, 0.15) is 0 Å². The maximum Gasteiger partial charge on any atom is 0.314 e. The molecular formula is C15H17BrN4O6. The van der Waals surface area contributed by atoms with Gasteiger partial charge in [0.05, 0.1) is 21.9 Å². The van der Waals surface area contributed by atoms with Crippen LogP contribution in [0.1, 0.15) is 24.8 Å². The lowest BCUT2D eigenvalue weighted by atomic mass is 10.0. The molecule has 2 aromatic rings. The first-order chi connectivity index (χ1) is 11.9. The first-order valence-corrected chi connectivity index (χ1v) is 7.76. The topological polar surface area (TPSA) is 158 Å². The molecule has 140 valence electrons. The van der Waals surface area contributed by atoms with Crippen molar-refractivity contribution >= 4 is 39.7 Å². The zero-order valence-corrected chi connectivity index (χ0v) is 15.2. The van der Waals surface area contributed by atoms with Crippen molar-refractivity contribution in [1.29, 1.82) is 0 Å². The van der Waals surface area contributed by atoms with Gasteiger partial charge in [-0.25, -0.2) is 0 Å². The van der Waals surface area contributed by atoms with Crippen LogP contribution in [0.3, 0.4) is 0 Å². The molecule has 0 radical (unpaired) electrons. The molecule has 10 nitrogen and oxygen atoms in total. The molecule has 0 saturated heterocycles. The molecule has 1 aromatic carbocycles. The van der Waals surface area contributed by atoms with Crippen LogP contribution in [0.25, 0.3) is 11.0 Å². The number of carboxylic acid groups (broad SMARTS) is 1. The maximum atomic E-state index is 11.6. The molecule has 0 spiro atoms. The number of non-ortho nitro benzene ring substituents is 1. The third-order valence-corrected chi connectivity index (χ3v) is 4.50. The van der Waals surface area contributed by atoms with E-state index in [1.165, 1.54) is 12.1 Å². The van der Waals surface area contributed by atoms with Gasteiger partial charge in [0.15, 0.2) is 0 Å². The number of carbonyl (C=O) groups is 1. The summed E-state index contributed by atoms with van der Waals surface area (Å²) in [4.78, 5) is 49.5. The van der Waals surface area contributed by atoms with Gasteiger partial charge >= 0.3 is 17.1 Å². The maximum absolute atomic E-state index is 11.6. The van der Waals surface area contributed by atoms with Gasteiger partial charge in [-0.15, -0.1) is 17.0 Å². The fraction of sp³-hybridized carbons (Fsp3) is 0.400. The monoisotopic (exact) mass is 428 g/mol. The molecule has 1 saturated carbocycles. The highest BCUT2D eigenvalue weighted by atomic mass is 79.9. The van der Waals surface area contributed by atoms with Crippen LogP contribution in [0.5, 0.6) is 0 Å². The Morgan fingerprint density at radius 3 is 2.62 bits per heavy atom. The van der Waals surface area contributed by atoms with E-state index in [9.17, 15) is 29.6 Å². The lowest BCUT2D eigenvalue weighted by Gasteiger charge is -2.18. The van der Waals surface area contributed by atoms with Crippen LogP contribution in [0, 0.1) is 16.0 Å². The molecule has 3 rings (SSSR count). The molecule has 0 aliphatic heterocycles. The molecule has 0 unspecified atom stereocenters. The van der Waals surface area contributed by atoms with Crippen molar-refractivity contribution in [1.82, 2.24) is 15.3 Å². The molecule has 1 aliphatic rings. The number of rotatable bonds is 5. The lowest BCUT2D eigenvalue weighted by molar-refractivity contribution is -0.384. The average molecular weight is 429 g/mol. The molecule has 11 heteroatoms. The second-order valence-corrected chi connectivity index (χ2v) is 6.06. The molecule has 26 heavy (non-hydrogen) atoms. The number of nitrogens with zero attached hydrogens (tertiary/aromatic N) is 1. The summed E-state index contributed by atoms with van der Waals surface area (Å²) in [7, 11) is 0. The van der Waals surface area contributed by atoms with E-state index in [2.05, 4.69) is 15.3 Å². The number of hydrogen-bond donors (Lipinski definition) is 4. The number of halogens is 1. The number of aromatic nitrogens is 2. The van der Waals surface area contributed by atoms with Gasteiger partial charge in [0, 0.05) is 24.7 Å². The SMILES string of the molecule is Br.O=C(O)[C@H]1CCC[C@H]1NCc1cc([N+](=O)[O-])cc2[nH]c(=O)c(=O)[nH]c12. The summed E-state index contributed by atoms with van der Waals surface area (Å²) in [5.74, 6) is -1.39. The Labute approximate surface area is 156 Å². The quantitative estimate of drug-likeness (QED) is 0.314. The fourth-order valence-electron chi connectivity index (χ4n) is 3.27. The van der Waals surface area contributed by atoms with Gasteiger partial charge in [0.2, 0.25) is 0 Å². The molecule has 0 bridgehead atoms. The average Bonchev–Trinajstić information content (AvgIpc) is 3.02. The first-order valence-electron chi connectivity index (χ1n) is 7.76. The standard InChI is InChI=1S/C15H16N4O6.BrH/c20-13-14(21)18-12-7(4-8(19(24)25)5-11(12)17-13)6-16-10-3-1-2-9(10)15(22)23;/h4-5,9-10,16H,1-3,6H2,(H,17,20)(H,18,21)(H,22,23);1H/t9-,10+;/m0./s1. The van der Waals surface area contributed by atoms with Crippen molar-refractivity contribution in [3.8, 4) is 0 Å². The van der Waals surface area contributed by atoms with Crippen LogP contribution in [0.2, 0.25) is 0 Å². The fourth-order valence-corrected chi connectivity index (χ4v) is 3.27. The summed E-state index contributed by atoms with van der Waals surface area (Å²) in [6, 6.07) is 2.22. The van der Waals surface area contributed by atoms with Gasteiger partial charge < -0.3 is 20.4 Å². The predicted molar refractivity (Wildman–Crippen MR) is 97.8 cm³/mol. The van der Waals surface area contributed by atoms with E-state index in [4.69, 9.17) is 0 Å². The number of carboxylic acids is 1. The number of nitro groups is 1. The number of aliphatic carboxylic acids is 1. The smallest absolute Gasteiger partial charge is 0.314 e. The number of H-pyrrole nitrogens is 2. The molecule has 0 amide bonds. The number of aromatic amines is 2. The molecule has 1 aromatic heterocycles. The van der Waals surface area contributed by atoms with Gasteiger partial charge in [-0.05, 0) is 18.4 Å². The molecule has 1 heterocycles. The van der Waals surface area contributed by atoms with Crippen LogP contribution in [0.4, 0.5) is 5.69 Å². The third kappa shape index (κ3) is 3.83. The van der Waals surface area contributed by atoms with Gasteiger partial charge in [0.25, 0.3) is 5.69 Å². The Kier molecular flexibility index (Phi) is 5.93. The van der Waals surface area contributed by atoms with E-state index in [0.29, 0.717) is 18.4 Å². The summed E-state index contributed by atoms with van der Waals surface area (Å²) >= 11 is 0. The van der Waals surface area contributed by atoms with Crippen LogP contribution in [0.15, 0.2) is 21.7 Å². The van der Waals surface area contributed by atoms with Crippen molar-refractivity contribution in [3.63, 3.8) is 0 Å². The van der Waals surface area contributed by atoms with Gasteiger partial charge in [-0.2, -0.15) is 0 Å². The second kappa shape index (κ2) is 7.79. The Morgan fingerprint density at radius 1 is 1.27 bits per heavy atom. The highest BCUT2D eigenvalue weighted by Gasteiger charge is 2.32. The normalized spacial score (nSPS) is 19.2. The van der Waals surface area contributed by atoms with Crippen LogP contribution >= 0.6 is 17.0 Å². The zero-order valence-electron chi connectivity index (χ0n) is 13.5. The molecule has 1 fully saturated rings. The van der Waals surface area contributed by atoms with Crippen molar-refractivity contribution in [2.75, 3.05) is 0 Å². The molecule has 1 aliphatic carbocycles. The number of fused-ring (bicyclic) bond motifs is 1. The van der Waals surface area contributed by atoms with E-state index in [-0.39, 0.29) is 46.3 Å². The lowest BCUT2D eigenvalue weighted by Crippen LogP contribution is -2.36. The number of nitro benzene ring substituents is 1. The van der Waals surface area contributed by atoms with Crippen molar-refractivity contribution in [2.45, 2.75) is 31.8 Å². The molecule has 2 atom stereocenters. The van der Waals surface area contributed by atoms with E-state index in [0.717, 1.165) is 6.42 Å². The first kappa shape index (κ1) is 19.8. The highest BCUT2D eigenvalue weighted by Crippen LogP contribution is 2.27. The van der Waals surface area contributed by atoms with Crippen molar-refractivity contribution in [3.05, 3.63) is 48.5 Å². The summed E-state index contributed by atoms with van der Waals surface area (Å²) in [6.07, 6.45) is 2.05. The zero-order chi connectivity index (χ0) is 18.1. The van der Waals surface area contributed by atoms with E-state index < -0.39 is 27.9 Å². The molecule has 4 N–H and O–H groups in total. The van der Waals surface area contributed by atoms with Crippen LogP contribution in [-0.2, 0) is 11.3 Å². The minimum Gasteiger partial charge on any atom is -0.481 e. The van der Waals surface area contributed by atoms with E-state index in [1.54, 1.807) is 0 Å². The second-order valence-electron chi connectivity index (χ2n) is 6.06. The largest absolute Gasteiger partial charge is 0.481 e. The van der Waals surface area contributed by atoms with Gasteiger partial charge in [-0.1, -0.05) is 6.42 Å². The van der Waals surface area contributed by atoms with Crippen LogP contribution < -0.4 is 16.4 Å². The van der Waals surface area contributed by atoms with Crippen LogP contribution in [-0.4, -0.2) is 32.0 Å². The third-order valence-electron chi connectivity index (χ3n) is 4.50. The minimum absolute atomic E-state index is 0. The number of nitrogens with one attached hydrogen (secondary N) is 3. The number of benzene rings is 1. The minimum atomic E-state index is -0.895. The summed E-state index contributed by atoms with van der Waals surface area (Å²) in [5.41, 5.74) is -1.13. The Morgan fingerprint density at radius 2 is 1.96 bits per heavy atom. The predicted octanol–water partition coefficient (Wildman–Crippen LogP) is 1.05. The molecular weight excluding hydrogens is 412 g/mol. The van der Waals surface area contributed by atoms with Gasteiger partial charge in [-0.3, -0.25) is 24.5 Å². The number of hydrogen-bond acceptors (Lipinski definition) is 6. The van der Waals surface area contributed by atoms with E-state index >= 15 is 0 Å².